The summed E-state index contributed by atoms with van der Waals surface area (Å²) in [5, 5.41) is 3.42. The van der Waals surface area contributed by atoms with E-state index >= 15 is 0 Å². The molecule has 154 valence electrons. The first-order chi connectivity index (χ1) is 14.3. The monoisotopic (exact) mass is 449 g/mol. The zero-order valence-corrected chi connectivity index (χ0v) is 17.1. The fourth-order valence-electron chi connectivity index (χ4n) is 2.78. The maximum absolute atomic E-state index is 13.6. The average Bonchev–Trinajstić information content (AvgIpc) is 2.68. The number of hydrogen-bond acceptors (Lipinski definition) is 3. The first kappa shape index (κ1) is 21.7. The Hall–Kier alpha value is -3.03. The number of rotatable bonds is 5. The van der Waals surface area contributed by atoms with Crippen LogP contribution in [0, 0.1) is 11.6 Å². The summed E-state index contributed by atoms with van der Waals surface area (Å²) in [6.07, 6.45) is 1.32. The maximum atomic E-state index is 13.6. The van der Waals surface area contributed by atoms with Gasteiger partial charge in [-0.3, -0.25) is 14.5 Å². The van der Waals surface area contributed by atoms with Crippen LogP contribution in [0.15, 0.2) is 54.7 Å². The molecule has 0 unspecified atom stereocenters. The van der Waals surface area contributed by atoms with Gasteiger partial charge in [0.15, 0.2) is 11.6 Å². The first-order valence-corrected chi connectivity index (χ1v) is 9.46. The lowest BCUT2D eigenvalue weighted by Gasteiger charge is -2.21. The number of nitrogens with zero attached hydrogens (tertiary/aromatic N) is 2. The Balaban J connectivity index is 1.84. The third-order valence-corrected chi connectivity index (χ3v) is 4.84. The lowest BCUT2D eigenvalue weighted by molar-refractivity contribution is -0.116. The average molecular weight is 450 g/mol. The van der Waals surface area contributed by atoms with Gasteiger partial charge in [0.25, 0.3) is 0 Å². The van der Waals surface area contributed by atoms with Crippen LogP contribution < -0.4 is 10.2 Å². The van der Waals surface area contributed by atoms with E-state index in [-0.39, 0.29) is 23.8 Å². The van der Waals surface area contributed by atoms with E-state index in [1.54, 1.807) is 18.2 Å². The predicted octanol–water partition coefficient (Wildman–Crippen LogP) is 5.53. The van der Waals surface area contributed by atoms with E-state index in [2.05, 4.69) is 10.3 Å². The number of aromatic nitrogens is 1. The van der Waals surface area contributed by atoms with Gasteiger partial charge in [-0.05, 0) is 35.9 Å². The molecule has 0 spiro atoms. The van der Waals surface area contributed by atoms with Crippen LogP contribution in [-0.4, -0.2) is 16.8 Å². The number of amides is 2. The Kier molecular flexibility index (Phi) is 6.64. The Morgan fingerprint density at radius 2 is 1.73 bits per heavy atom. The van der Waals surface area contributed by atoms with Crippen LogP contribution in [0.25, 0.3) is 0 Å². The number of carbonyl (C=O) groups is 2. The van der Waals surface area contributed by atoms with Gasteiger partial charge < -0.3 is 5.32 Å². The van der Waals surface area contributed by atoms with Gasteiger partial charge in [-0.2, -0.15) is 0 Å². The molecule has 1 N–H and O–H groups in total. The molecule has 0 aliphatic carbocycles. The summed E-state index contributed by atoms with van der Waals surface area (Å²) in [4.78, 5) is 29.8. The molecule has 0 bridgehead atoms. The fraction of sp³-hybridized carbons (Fsp3) is 0.0952. The SMILES string of the molecule is CC(=O)N(c1ccc(F)c(F)c1)c1cc(NC(=O)Cc2c(Cl)cccc2Cl)ccn1. The predicted molar refractivity (Wildman–Crippen MR) is 112 cm³/mol. The molecule has 0 radical (unpaired) electrons. The van der Waals surface area contributed by atoms with E-state index in [4.69, 9.17) is 23.2 Å². The standard InChI is InChI=1S/C21H15Cl2F2N3O2/c1-12(29)28(14-5-6-18(24)19(25)10-14)20-9-13(7-8-26-20)27-21(30)11-15-16(22)3-2-4-17(15)23/h2-10H,11H2,1H3,(H,26,27,30). The molecular weight excluding hydrogens is 435 g/mol. The van der Waals surface area contributed by atoms with Crippen molar-refractivity contribution in [3.63, 3.8) is 0 Å². The summed E-state index contributed by atoms with van der Waals surface area (Å²) >= 11 is 12.2. The molecule has 3 aromatic rings. The number of anilines is 3. The largest absolute Gasteiger partial charge is 0.326 e. The van der Waals surface area contributed by atoms with Crippen molar-refractivity contribution in [1.29, 1.82) is 0 Å². The van der Waals surface area contributed by atoms with E-state index in [1.807, 2.05) is 0 Å². The topological polar surface area (TPSA) is 62.3 Å². The number of nitrogens with one attached hydrogen (secondary N) is 1. The number of carbonyl (C=O) groups excluding carboxylic acids is 2. The van der Waals surface area contributed by atoms with Crippen molar-refractivity contribution in [2.24, 2.45) is 0 Å². The molecule has 0 fully saturated rings. The Bertz CT molecular complexity index is 1100. The van der Waals surface area contributed by atoms with Crippen LogP contribution in [0.1, 0.15) is 12.5 Å². The molecule has 3 rings (SSSR count). The zero-order valence-electron chi connectivity index (χ0n) is 15.6. The lowest BCUT2D eigenvalue weighted by atomic mass is 10.1. The lowest BCUT2D eigenvalue weighted by Crippen LogP contribution is -2.24. The highest BCUT2D eigenvalue weighted by atomic mass is 35.5. The molecule has 0 aliphatic rings. The number of pyridine rings is 1. The minimum Gasteiger partial charge on any atom is -0.326 e. The van der Waals surface area contributed by atoms with E-state index in [0.717, 1.165) is 17.0 Å². The highest BCUT2D eigenvalue weighted by molar-refractivity contribution is 6.36. The highest BCUT2D eigenvalue weighted by Gasteiger charge is 2.18. The van der Waals surface area contributed by atoms with Gasteiger partial charge >= 0.3 is 0 Å². The first-order valence-electron chi connectivity index (χ1n) is 8.71. The van der Waals surface area contributed by atoms with Crippen molar-refractivity contribution < 1.29 is 18.4 Å². The molecule has 2 aromatic carbocycles. The molecule has 9 heteroatoms. The summed E-state index contributed by atoms with van der Waals surface area (Å²) in [5.41, 5.74) is 0.932. The van der Waals surface area contributed by atoms with E-state index in [9.17, 15) is 18.4 Å². The second kappa shape index (κ2) is 9.19. The van der Waals surface area contributed by atoms with Gasteiger partial charge in [-0.15, -0.1) is 0 Å². The summed E-state index contributed by atoms with van der Waals surface area (Å²) in [7, 11) is 0. The van der Waals surface area contributed by atoms with Crippen LogP contribution >= 0.6 is 23.2 Å². The third kappa shape index (κ3) is 4.93. The third-order valence-electron chi connectivity index (χ3n) is 4.13. The zero-order chi connectivity index (χ0) is 21.8. The van der Waals surface area contributed by atoms with Crippen molar-refractivity contribution >= 4 is 52.2 Å². The van der Waals surface area contributed by atoms with Crippen molar-refractivity contribution in [2.45, 2.75) is 13.3 Å². The van der Waals surface area contributed by atoms with E-state index in [0.29, 0.717) is 21.3 Å². The quantitative estimate of drug-likeness (QED) is 0.556. The molecule has 2 amide bonds. The highest BCUT2D eigenvalue weighted by Crippen LogP contribution is 2.28. The molecule has 5 nitrogen and oxygen atoms in total. The van der Waals surface area contributed by atoms with Gasteiger partial charge in [0.1, 0.15) is 5.82 Å². The molecule has 0 atom stereocenters. The Morgan fingerprint density at radius 3 is 2.37 bits per heavy atom. The Morgan fingerprint density at radius 1 is 1.03 bits per heavy atom. The molecule has 1 heterocycles. The minimum absolute atomic E-state index is 0.0598. The molecule has 0 aliphatic heterocycles. The minimum atomic E-state index is -1.10. The van der Waals surface area contributed by atoms with Crippen molar-refractivity contribution in [2.75, 3.05) is 10.2 Å². The molecule has 30 heavy (non-hydrogen) atoms. The summed E-state index contributed by atoms with van der Waals surface area (Å²) in [5.74, 6) is -2.86. The molecular formula is C21H15Cl2F2N3O2. The number of benzene rings is 2. The van der Waals surface area contributed by atoms with Crippen molar-refractivity contribution in [3.8, 4) is 0 Å². The van der Waals surface area contributed by atoms with Crippen LogP contribution in [0.3, 0.4) is 0 Å². The van der Waals surface area contributed by atoms with Gasteiger partial charge in [0, 0.05) is 41.0 Å². The Labute approximate surface area is 181 Å². The van der Waals surface area contributed by atoms with Crippen molar-refractivity contribution in [1.82, 2.24) is 4.98 Å². The number of hydrogen-bond donors (Lipinski definition) is 1. The summed E-state index contributed by atoms with van der Waals surface area (Å²) < 4.78 is 26.9. The smallest absolute Gasteiger partial charge is 0.229 e. The normalized spacial score (nSPS) is 10.6. The van der Waals surface area contributed by atoms with Crippen LogP contribution in [0.4, 0.5) is 26.0 Å². The second-order valence-corrected chi connectivity index (χ2v) is 7.10. The molecule has 0 saturated heterocycles. The fourth-order valence-corrected chi connectivity index (χ4v) is 3.32. The van der Waals surface area contributed by atoms with Crippen LogP contribution in [0.2, 0.25) is 10.0 Å². The van der Waals surface area contributed by atoms with Gasteiger partial charge in [0.2, 0.25) is 11.8 Å². The van der Waals surface area contributed by atoms with Crippen LogP contribution in [-0.2, 0) is 16.0 Å². The summed E-state index contributed by atoms with van der Waals surface area (Å²) in [6.45, 7) is 1.26. The van der Waals surface area contributed by atoms with E-state index in [1.165, 1.54) is 31.3 Å². The molecule has 1 aromatic heterocycles. The van der Waals surface area contributed by atoms with Crippen molar-refractivity contribution in [3.05, 3.63) is 82.0 Å². The molecule has 0 saturated carbocycles. The maximum Gasteiger partial charge on any atom is 0.229 e. The number of halogens is 4. The van der Waals surface area contributed by atoms with Gasteiger partial charge in [-0.1, -0.05) is 29.3 Å². The second-order valence-electron chi connectivity index (χ2n) is 6.28. The van der Waals surface area contributed by atoms with Crippen LogP contribution in [0.5, 0.6) is 0 Å². The summed E-state index contributed by atoms with van der Waals surface area (Å²) in [6, 6.07) is 11.0. The van der Waals surface area contributed by atoms with Gasteiger partial charge in [0.05, 0.1) is 12.1 Å². The van der Waals surface area contributed by atoms with E-state index < -0.39 is 17.5 Å². The van der Waals surface area contributed by atoms with Gasteiger partial charge in [-0.25, -0.2) is 13.8 Å².